The van der Waals surface area contributed by atoms with Crippen molar-refractivity contribution >= 4 is 52.9 Å². The standard InChI is InChI=1S/C30H23F2NO2S/c1-18(30(34)35)17-36-29-24-5-3-2-4-20(24)9-10-21-8-6-19(14-25(21)29)7-12-23-13-11-22-15-26(31)27(32)16-28(22)33-23/h2-16,18,29H,17H2,1H3,(H,34,35)/t18-,29?/m1/s1. The maximum atomic E-state index is 13.7. The van der Waals surface area contributed by atoms with E-state index in [1.165, 1.54) is 0 Å². The lowest BCUT2D eigenvalue weighted by atomic mass is 9.97. The van der Waals surface area contributed by atoms with Crippen LogP contribution in [0.4, 0.5) is 8.78 Å². The zero-order valence-corrected chi connectivity index (χ0v) is 20.3. The van der Waals surface area contributed by atoms with Gasteiger partial charge in [-0.3, -0.25) is 4.79 Å². The number of aliphatic carboxylic acids is 1. The third-order valence-corrected chi connectivity index (χ3v) is 7.78. The van der Waals surface area contributed by atoms with Crippen molar-refractivity contribution in [3.63, 3.8) is 0 Å². The molecule has 4 aromatic rings. The van der Waals surface area contributed by atoms with Crippen LogP contribution in [-0.4, -0.2) is 21.8 Å². The molecule has 1 aliphatic carbocycles. The van der Waals surface area contributed by atoms with Crippen LogP contribution in [0.25, 0.3) is 35.2 Å². The van der Waals surface area contributed by atoms with Crippen molar-refractivity contribution in [1.29, 1.82) is 0 Å². The molecule has 3 nitrogen and oxygen atoms in total. The summed E-state index contributed by atoms with van der Waals surface area (Å²) in [5.74, 6) is -2.58. The first-order chi connectivity index (χ1) is 17.4. The van der Waals surface area contributed by atoms with E-state index in [2.05, 4.69) is 41.4 Å². The second-order valence-corrected chi connectivity index (χ2v) is 9.97. The number of rotatable bonds is 6. The van der Waals surface area contributed by atoms with E-state index < -0.39 is 23.5 Å². The second-order valence-electron chi connectivity index (χ2n) is 8.83. The average Bonchev–Trinajstić information content (AvgIpc) is 3.03. The number of fused-ring (bicyclic) bond motifs is 3. The predicted molar refractivity (Wildman–Crippen MR) is 143 cm³/mol. The zero-order chi connectivity index (χ0) is 25.2. The highest BCUT2D eigenvalue weighted by Gasteiger charge is 2.24. The van der Waals surface area contributed by atoms with Gasteiger partial charge >= 0.3 is 5.97 Å². The molecule has 0 saturated carbocycles. The van der Waals surface area contributed by atoms with Crippen molar-refractivity contribution in [3.05, 3.63) is 112 Å². The molecule has 1 unspecified atom stereocenters. The van der Waals surface area contributed by atoms with Gasteiger partial charge in [-0.05, 0) is 52.1 Å². The number of carbonyl (C=O) groups is 1. The van der Waals surface area contributed by atoms with Crippen LogP contribution in [0.3, 0.4) is 0 Å². The Labute approximate surface area is 212 Å². The first kappa shape index (κ1) is 23.9. The summed E-state index contributed by atoms with van der Waals surface area (Å²) in [6, 6.07) is 20.1. The number of aromatic nitrogens is 1. The van der Waals surface area contributed by atoms with Crippen molar-refractivity contribution in [1.82, 2.24) is 4.98 Å². The number of nitrogens with zero attached hydrogens (tertiary/aromatic N) is 1. The van der Waals surface area contributed by atoms with Crippen LogP contribution in [-0.2, 0) is 4.79 Å². The molecule has 1 aromatic heterocycles. The van der Waals surface area contributed by atoms with Gasteiger partial charge in [-0.15, -0.1) is 11.8 Å². The largest absolute Gasteiger partial charge is 0.481 e. The fourth-order valence-electron chi connectivity index (χ4n) is 4.22. The Kier molecular flexibility index (Phi) is 6.70. The van der Waals surface area contributed by atoms with E-state index in [1.54, 1.807) is 30.8 Å². The second kappa shape index (κ2) is 10.1. The quantitative estimate of drug-likeness (QED) is 0.295. The molecule has 2 atom stereocenters. The van der Waals surface area contributed by atoms with Gasteiger partial charge in [-0.2, -0.15) is 0 Å². The third kappa shape index (κ3) is 4.95. The lowest BCUT2D eigenvalue weighted by Gasteiger charge is -2.21. The molecule has 0 spiro atoms. The fraction of sp³-hybridized carbons (Fsp3) is 0.133. The molecule has 1 heterocycles. The molecule has 1 N–H and O–H groups in total. The Hall–Kier alpha value is -3.77. The van der Waals surface area contributed by atoms with Crippen LogP contribution in [0.1, 0.15) is 45.7 Å². The monoisotopic (exact) mass is 499 g/mol. The van der Waals surface area contributed by atoms with Gasteiger partial charge in [-0.1, -0.05) is 67.6 Å². The zero-order valence-electron chi connectivity index (χ0n) is 19.5. The van der Waals surface area contributed by atoms with E-state index in [0.717, 1.165) is 39.9 Å². The molecule has 3 aromatic carbocycles. The first-order valence-corrected chi connectivity index (χ1v) is 12.6. The Morgan fingerprint density at radius 2 is 1.72 bits per heavy atom. The minimum absolute atomic E-state index is 0.0157. The average molecular weight is 500 g/mol. The number of carboxylic acids is 1. The lowest BCUT2D eigenvalue weighted by molar-refractivity contribution is -0.140. The van der Waals surface area contributed by atoms with Gasteiger partial charge in [0, 0.05) is 17.2 Å². The van der Waals surface area contributed by atoms with Crippen LogP contribution in [0, 0.1) is 17.6 Å². The van der Waals surface area contributed by atoms with Crippen molar-refractivity contribution in [2.45, 2.75) is 12.2 Å². The minimum atomic E-state index is -0.920. The van der Waals surface area contributed by atoms with Crippen LogP contribution < -0.4 is 0 Å². The van der Waals surface area contributed by atoms with Crippen molar-refractivity contribution in [3.8, 4) is 0 Å². The number of thioether (sulfide) groups is 1. The van der Waals surface area contributed by atoms with Crippen molar-refractivity contribution < 1.29 is 18.7 Å². The van der Waals surface area contributed by atoms with Crippen LogP contribution in [0.5, 0.6) is 0 Å². The SMILES string of the molecule is C[C@H](CSC1c2ccccc2C=Cc2ccc(C=Cc3ccc4cc(F)c(F)cc4n3)cc21)C(=O)O. The molecule has 0 amide bonds. The van der Waals surface area contributed by atoms with Gasteiger partial charge in [0.25, 0.3) is 0 Å². The maximum absolute atomic E-state index is 13.7. The maximum Gasteiger partial charge on any atom is 0.307 e. The molecule has 5 rings (SSSR count). The molecule has 0 aliphatic heterocycles. The summed E-state index contributed by atoms with van der Waals surface area (Å²) in [5.41, 5.74) is 6.47. The number of halogens is 2. The highest BCUT2D eigenvalue weighted by atomic mass is 32.2. The van der Waals surface area contributed by atoms with Gasteiger partial charge < -0.3 is 5.11 Å². The molecule has 1 aliphatic rings. The van der Waals surface area contributed by atoms with Gasteiger partial charge in [0.2, 0.25) is 0 Å². The molecular weight excluding hydrogens is 476 g/mol. The van der Waals surface area contributed by atoms with E-state index in [0.29, 0.717) is 22.3 Å². The Morgan fingerprint density at radius 3 is 2.53 bits per heavy atom. The van der Waals surface area contributed by atoms with E-state index in [1.807, 2.05) is 30.4 Å². The summed E-state index contributed by atoms with van der Waals surface area (Å²) >= 11 is 1.64. The van der Waals surface area contributed by atoms with Gasteiger partial charge in [0.15, 0.2) is 11.6 Å². The topological polar surface area (TPSA) is 50.2 Å². The highest BCUT2D eigenvalue weighted by molar-refractivity contribution is 7.99. The summed E-state index contributed by atoms with van der Waals surface area (Å²) in [5, 5.41) is 9.92. The number of benzene rings is 3. The lowest BCUT2D eigenvalue weighted by Crippen LogP contribution is -2.13. The Bertz CT molecular complexity index is 1530. The number of carboxylic acid groups (broad SMARTS) is 1. The molecule has 180 valence electrons. The summed E-state index contributed by atoms with van der Waals surface area (Å²) in [6.07, 6.45) is 7.99. The Balaban J connectivity index is 1.49. The number of hydrogen-bond donors (Lipinski definition) is 1. The summed E-state index contributed by atoms with van der Waals surface area (Å²) in [4.78, 5) is 15.9. The normalized spacial score (nSPS) is 15.5. The smallest absolute Gasteiger partial charge is 0.307 e. The predicted octanol–water partition coefficient (Wildman–Crippen LogP) is 7.71. The van der Waals surface area contributed by atoms with E-state index in [9.17, 15) is 18.7 Å². The molecule has 36 heavy (non-hydrogen) atoms. The van der Waals surface area contributed by atoms with Gasteiger partial charge in [0.05, 0.1) is 22.4 Å². The molecular formula is C30H23F2NO2S. The van der Waals surface area contributed by atoms with E-state index >= 15 is 0 Å². The summed E-state index contributed by atoms with van der Waals surface area (Å²) in [6.45, 7) is 1.73. The van der Waals surface area contributed by atoms with Crippen molar-refractivity contribution in [2.24, 2.45) is 5.92 Å². The Morgan fingerprint density at radius 1 is 0.972 bits per heavy atom. The van der Waals surface area contributed by atoms with Gasteiger partial charge in [-0.25, -0.2) is 13.8 Å². The molecule has 0 saturated heterocycles. The van der Waals surface area contributed by atoms with Crippen LogP contribution in [0.2, 0.25) is 0 Å². The third-order valence-electron chi connectivity index (χ3n) is 6.25. The minimum Gasteiger partial charge on any atom is -0.481 e. The molecule has 0 fully saturated rings. The fourth-order valence-corrected chi connectivity index (χ4v) is 5.63. The molecule has 0 bridgehead atoms. The van der Waals surface area contributed by atoms with E-state index in [-0.39, 0.29) is 5.25 Å². The highest BCUT2D eigenvalue weighted by Crippen LogP contribution is 2.43. The van der Waals surface area contributed by atoms with Gasteiger partial charge in [0.1, 0.15) is 0 Å². The summed E-state index contributed by atoms with van der Waals surface area (Å²) < 4.78 is 27.1. The van der Waals surface area contributed by atoms with E-state index in [4.69, 9.17) is 0 Å². The van der Waals surface area contributed by atoms with Crippen LogP contribution in [0.15, 0.2) is 66.7 Å². The number of hydrogen-bond acceptors (Lipinski definition) is 3. The molecule has 6 heteroatoms. The molecule has 0 radical (unpaired) electrons. The van der Waals surface area contributed by atoms with Crippen LogP contribution >= 0.6 is 11.8 Å². The van der Waals surface area contributed by atoms with Crippen molar-refractivity contribution in [2.75, 3.05) is 5.75 Å². The summed E-state index contributed by atoms with van der Waals surface area (Å²) in [7, 11) is 0. The number of pyridine rings is 1. The first-order valence-electron chi connectivity index (χ1n) is 11.6.